The van der Waals surface area contributed by atoms with Gasteiger partial charge >= 0.3 is 0 Å². The fourth-order valence-corrected chi connectivity index (χ4v) is 12.9. The lowest BCUT2D eigenvalue weighted by Crippen LogP contribution is -2.48. The maximum absolute atomic E-state index is 4.80. The Morgan fingerprint density at radius 3 is 1.10 bits per heavy atom. The molecule has 254 valence electrons. The van der Waals surface area contributed by atoms with Gasteiger partial charge < -0.3 is 0 Å². The molecule has 5 aromatic rings. The predicted octanol–water partition coefficient (Wildman–Crippen LogP) is 8.76. The van der Waals surface area contributed by atoms with Crippen LogP contribution in [0.25, 0.3) is 45.0 Å². The molecule has 0 unspecified atom stereocenters. The third-order valence-corrected chi connectivity index (χ3v) is 14.0. The number of nitrogens with zero attached hydrogens (tertiary/aromatic N) is 8. The summed E-state index contributed by atoms with van der Waals surface area (Å²) in [5.74, 6) is 5.69. The Hall–Kier alpha value is -4.20. The molecule has 0 radical (unpaired) electrons. The summed E-state index contributed by atoms with van der Waals surface area (Å²) in [4.78, 5) is 9.60. The van der Waals surface area contributed by atoms with Crippen molar-refractivity contribution in [2.24, 2.45) is 46.3 Å². The van der Waals surface area contributed by atoms with Gasteiger partial charge in [-0.3, -0.25) is 19.3 Å². The number of aromatic nitrogens is 8. The van der Waals surface area contributed by atoms with Gasteiger partial charge in [-0.2, -0.15) is 0 Å². The van der Waals surface area contributed by atoms with E-state index in [2.05, 4.69) is 90.9 Å². The highest BCUT2D eigenvalue weighted by Crippen LogP contribution is 2.61. The third-order valence-electron chi connectivity index (χ3n) is 14.0. The van der Waals surface area contributed by atoms with Gasteiger partial charge in [0.05, 0.1) is 23.8 Å². The highest BCUT2D eigenvalue weighted by atomic mass is 15.4. The van der Waals surface area contributed by atoms with E-state index in [0.717, 1.165) is 93.6 Å². The minimum Gasteiger partial charge on any atom is -0.254 e. The standard InChI is InChI=1S/C42H46N8/c1-2-34(36-6-8-38(44-22-36)40-24-50(48-46-40)26-42-18-30-12-31(19-42)14-32(13-30)20-42)4-3-33(1)35-5-7-37(43-21-35)39-23-49(47-45-39)25-41-15-27-9-28(16-41)11-29(10-27)17-41/h1-8,21-24,27-32H,9-20,25-26H2. The molecular formula is C42H46N8. The first-order valence-corrected chi connectivity index (χ1v) is 19.3. The molecule has 8 nitrogen and oxygen atoms in total. The van der Waals surface area contributed by atoms with Crippen LogP contribution >= 0.6 is 0 Å². The van der Waals surface area contributed by atoms with E-state index in [1.807, 2.05) is 12.4 Å². The molecule has 1 aromatic carbocycles. The molecule has 0 saturated heterocycles. The largest absolute Gasteiger partial charge is 0.254 e. The molecule has 8 heteroatoms. The van der Waals surface area contributed by atoms with Crippen LogP contribution < -0.4 is 0 Å². The monoisotopic (exact) mass is 662 g/mol. The van der Waals surface area contributed by atoms with Gasteiger partial charge in [0.25, 0.3) is 0 Å². The van der Waals surface area contributed by atoms with Crippen LogP contribution in [0.2, 0.25) is 0 Å². The van der Waals surface area contributed by atoms with E-state index in [-0.39, 0.29) is 0 Å². The van der Waals surface area contributed by atoms with Crippen molar-refractivity contribution in [2.75, 3.05) is 0 Å². The Labute approximate surface area is 294 Å². The Morgan fingerprint density at radius 1 is 0.440 bits per heavy atom. The molecular weight excluding hydrogens is 617 g/mol. The first kappa shape index (κ1) is 29.5. The molecule has 8 bridgehead atoms. The lowest BCUT2D eigenvalue weighted by molar-refractivity contribution is -0.0639. The topological polar surface area (TPSA) is 87.2 Å². The van der Waals surface area contributed by atoms with Gasteiger partial charge in [-0.05, 0) is 147 Å². The molecule has 0 amide bonds. The molecule has 8 fully saturated rings. The van der Waals surface area contributed by atoms with E-state index in [9.17, 15) is 0 Å². The number of hydrogen-bond donors (Lipinski definition) is 0. The van der Waals surface area contributed by atoms with E-state index < -0.39 is 0 Å². The van der Waals surface area contributed by atoms with Crippen molar-refractivity contribution in [3.8, 4) is 45.0 Å². The van der Waals surface area contributed by atoms with Crippen LogP contribution in [0.4, 0.5) is 0 Å². The Morgan fingerprint density at radius 2 is 0.780 bits per heavy atom. The van der Waals surface area contributed by atoms with Gasteiger partial charge in [-0.1, -0.05) is 46.8 Å². The van der Waals surface area contributed by atoms with E-state index in [4.69, 9.17) is 9.97 Å². The number of hydrogen-bond acceptors (Lipinski definition) is 6. The molecule has 13 rings (SSSR count). The minimum absolute atomic E-state index is 0.440. The van der Waals surface area contributed by atoms with Crippen molar-refractivity contribution in [1.29, 1.82) is 0 Å². The summed E-state index contributed by atoms with van der Waals surface area (Å²) >= 11 is 0. The van der Waals surface area contributed by atoms with Gasteiger partial charge in [-0.25, -0.2) is 0 Å². The van der Waals surface area contributed by atoms with Crippen LogP contribution in [-0.4, -0.2) is 40.0 Å². The van der Waals surface area contributed by atoms with Crippen molar-refractivity contribution in [3.63, 3.8) is 0 Å². The molecule has 0 spiro atoms. The van der Waals surface area contributed by atoms with Crippen LogP contribution in [0.3, 0.4) is 0 Å². The summed E-state index contributed by atoms with van der Waals surface area (Å²) in [5.41, 5.74) is 8.80. The highest BCUT2D eigenvalue weighted by Gasteiger charge is 2.52. The van der Waals surface area contributed by atoms with E-state index >= 15 is 0 Å². The van der Waals surface area contributed by atoms with Crippen LogP contribution in [0.1, 0.15) is 77.0 Å². The average molecular weight is 663 g/mol. The Bertz CT molecular complexity index is 1800. The van der Waals surface area contributed by atoms with Crippen molar-refractivity contribution in [1.82, 2.24) is 40.0 Å². The molecule has 8 saturated carbocycles. The molecule has 4 aromatic heterocycles. The smallest absolute Gasteiger partial charge is 0.131 e. The molecule has 8 aliphatic carbocycles. The number of pyridine rings is 2. The first-order chi connectivity index (χ1) is 24.5. The molecule has 4 heterocycles. The zero-order valence-electron chi connectivity index (χ0n) is 28.9. The zero-order chi connectivity index (χ0) is 32.9. The zero-order valence-corrected chi connectivity index (χ0v) is 28.9. The summed E-state index contributed by atoms with van der Waals surface area (Å²) in [5, 5.41) is 18.2. The summed E-state index contributed by atoms with van der Waals surface area (Å²) in [6.07, 6.45) is 25.2. The third kappa shape index (κ3) is 5.24. The molecule has 0 N–H and O–H groups in total. The van der Waals surface area contributed by atoms with Crippen molar-refractivity contribution in [3.05, 3.63) is 73.3 Å². The molecule has 0 atom stereocenters. The van der Waals surface area contributed by atoms with Crippen molar-refractivity contribution >= 4 is 0 Å². The van der Waals surface area contributed by atoms with E-state index in [0.29, 0.717) is 10.8 Å². The van der Waals surface area contributed by atoms with Crippen LogP contribution in [0.15, 0.2) is 73.3 Å². The Kier molecular flexibility index (Phi) is 6.58. The van der Waals surface area contributed by atoms with E-state index in [1.54, 1.807) is 0 Å². The quantitative estimate of drug-likeness (QED) is 0.165. The molecule has 0 aliphatic heterocycles. The summed E-state index contributed by atoms with van der Waals surface area (Å²) in [7, 11) is 0. The number of benzene rings is 1. The van der Waals surface area contributed by atoms with Gasteiger partial charge in [0.2, 0.25) is 0 Å². The molecule has 50 heavy (non-hydrogen) atoms. The van der Waals surface area contributed by atoms with Crippen LogP contribution in [0, 0.1) is 46.3 Å². The van der Waals surface area contributed by atoms with Gasteiger partial charge in [0.15, 0.2) is 0 Å². The fourth-order valence-electron chi connectivity index (χ4n) is 12.9. The average Bonchev–Trinajstić information content (AvgIpc) is 3.77. The maximum Gasteiger partial charge on any atom is 0.131 e. The molecule has 8 aliphatic rings. The number of rotatable bonds is 8. The van der Waals surface area contributed by atoms with Gasteiger partial charge in [0, 0.05) is 36.6 Å². The van der Waals surface area contributed by atoms with Gasteiger partial charge in [0.1, 0.15) is 11.4 Å². The SMILES string of the molecule is c1cc(-c2ccc(-c3cn(CC45CC6CC(CC(C6)C4)C5)nn3)nc2)ccc1-c1ccc(-c2cn(CC34CC5CC(CC(C5)C3)C4)nn2)nc1. The second-order valence-electron chi connectivity index (χ2n) is 17.9. The lowest BCUT2D eigenvalue weighted by atomic mass is 9.49. The first-order valence-electron chi connectivity index (χ1n) is 19.3. The van der Waals surface area contributed by atoms with Crippen LogP contribution in [0.5, 0.6) is 0 Å². The maximum atomic E-state index is 4.80. The normalized spacial score (nSPS) is 33.4. The second-order valence-corrected chi connectivity index (χ2v) is 17.9. The lowest BCUT2D eigenvalue weighted by Gasteiger charge is -2.56. The Balaban J connectivity index is 0.739. The summed E-state index contributed by atoms with van der Waals surface area (Å²) in [6, 6.07) is 17.1. The highest BCUT2D eigenvalue weighted by molar-refractivity contribution is 5.71. The van der Waals surface area contributed by atoms with Crippen molar-refractivity contribution < 1.29 is 0 Å². The minimum atomic E-state index is 0.440. The predicted molar refractivity (Wildman–Crippen MR) is 192 cm³/mol. The van der Waals surface area contributed by atoms with E-state index in [1.165, 1.54) is 77.0 Å². The van der Waals surface area contributed by atoms with Gasteiger partial charge in [-0.15, -0.1) is 10.2 Å². The second kappa shape index (κ2) is 11.1. The summed E-state index contributed by atoms with van der Waals surface area (Å²) in [6.45, 7) is 2.02. The fraction of sp³-hybridized carbons (Fsp3) is 0.524. The summed E-state index contributed by atoms with van der Waals surface area (Å²) < 4.78 is 4.20. The van der Waals surface area contributed by atoms with Crippen molar-refractivity contribution in [2.45, 2.75) is 90.1 Å². The van der Waals surface area contributed by atoms with Crippen LogP contribution in [-0.2, 0) is 13.1 Å².